The SMILES string of the molecule is O=S(=O)(c1ccccc1)n1ccc2cc(-c3cccnc3)cnc21. The first-order valence-corrected chi connectivity index (χ1v) is 8.78. The Morgan fingerprint density at radius 1 is 0.875 bits per heavy atom. The highest BCUT2D eigenvalue weighted by molar-refractivity contribution is 7.90. The molecule has 0 unspecified atom stereocenters. The fourth-order valence-electron chi connectivity index (χ4n) is 2.59. The van der Waals surface area contributed by atoms with E-state index in [1.165, 1.54) is 10.2 Å². The van der Waals surface area contributed by atoms with Crippen molar-refractivity contribution in [2.24, 2.45) is 0 Å². The largest absolute Gasteiger partial charge is 0.269 e. The van der Waals surface area contributed by atoms with Crippen LogP contribution in [0.25, 0.3) is 22.2 Å². The van der Waals surface area contributed by atoms with E-state index in [1.54, 1.807) is 55.0 Å². The molecule has 3 heterocycles. The van der Waals surface area contributed by atoms with Crippen molar-refractivity contribution < 1.29 is 8.42 Å². The quantitative estimate of drug-likeness (QED) is 0.576. The molecule has 0 saturated carbocycles. The second-order valence-electron chi connectivity index (χ2n) is 5.31. The summed E-state index contributed by atoms with van der Waals surface area (Å²) in [5.41, 5.74) is 2.24. The van der Waals surface area contributed by atoms with E-state index in [2.05, 4.69) is 9.97 Å². The van der Waals surface area contributed by atoms with Gasteiger partial charge in [-0.3, -0.25) is 4.98 Å². The van der Waals surface area contributed by atoms with Crippen LogP contribution in [0, 0.1) is 0 Å². The first kappa shape index (κ1) is 14.6. The van der Waals surface area contributed by atoms with Gasteiger partial charge in [-0.1, -0.05) is 24.3 Å². The van der Waals surface area contributed by atoms with Crippen molar-refractivity contribution in [2.75, 3.05) is 0 Å². The van der Waals surface area contributed by atoms with Gasteiger partial charge in [0, 0.05) is 41.3 Å². The number of hydrogen-bond donors (Lipinski definition) is 0. The van der Waals surface area contributed by atoms with Gasteiger partial charge in [-0.05, 0) is 30.3 Å². The summed E-state index contributed by atoms with van der Waals surface area (Å²) in [4.78, 5) is 8.70. The normalized spacial score (nSPS) is 11.7. The Morgan fingerprint density at radius 3 is 2.46 bits per heavy atom. The van der Waals surface area contributed by atoms with Gasteiger partial charge in [0.05, 0.1) is 4.90 Å². The molecule has 0 saturated heterocycles. The van der Waals surface area contributed by atoms with Crippen molar-refractivity contribution in [3.05, 3.63) is 79.4 Å². The summed E-state index contributed by atoms with van der Waals surface area (Å²) >= 11 is 0. The van der Waals surface area contributed by atoms with Crippen LogP contribution in [0.15, 0.2) is 84.3 Å². The fourth-order valence-corrected chi connectivity index (χ4v) is 3.92. The molecule has 0 atom stereocenters. The van der Waals surface area contributed by atoms with Crippen molar-refractivity contribution in [3.8, 4) is 11.1 Å². The predicted octanol–water partition coefficient (Wildman–Crippen LogP) is 3.34. The highest BCUT2D eigenvalue weighted by Gasteiger charge is 2.19. The van der Waals surface area contributed by atoms with Crippen molar-refractivity contribution in [1.29, 1.82) is 0 Å². The van der Waals surface area contributed by atoms with Gasteiger partial charge in [0.2, 0.25) is 0 Å². The standard InChI is InChI=1S/C18H13N3O2S/c22-24(23,17-6-2-1-3-7-17)21-10-8-14-11-16(13-20-18(14)21)15-5-4-9-19-12-15/h1-13H. The van der Waals surface area contributed by atoms with Crippen molar-refractivity contribution in [3.63, 3.8) is 0 Å². The van der Waals surface area contributed by atoms with Crippen LogP contribution in [-0.4, -0.2) is 22.4 Å². The van der Waals surface area contributed by atoms with Gasteiger partial charge in [-0.15, -0.1) is 0 Å². The van der Waals surface area contributed by atoms with Gasteiger partial charge in [0.25, 0.3) is 10.0 Å². The molecule has 0 aliphatic carbocycles. The molecular formula is C18H13N3O2S. The molecular weight excluding hydrogens is 322 g/mol. The topological polar surface area (TPSA) is 64.8 Å². The molecule has 0 spiro atoms. The minimum absolute atomic E-state index is 0.237. The van der Waals surface area contributed by atoms with Crippen LogP contribution in [0.1, 0.15) is 0 Å². The number of benzene rings is 1. The number of nitrogens with zero attached hydrogens (tertiary/aromatic N) is 3. The molecule has 0 bridgehead atoms. The summed E-state index contributed by atoms with van der Waals surface area (Å²) in [6, 6.07) is 15.8. The van der Waals surface area contributed by atoms with Crippen LogP contribution in [0.2, 0.25) is 0 Å². The molecule has 0 radical (unpaired) electrons. The van der Waals surface area contributed by atoms with E-state index in [9.17, 15) is 8.42 Å². The van der Waals surface area contributed by atoms with E-state index in [-0.39, 0.29) is 4.90 Å². The minimum Gasteiger partial charge on any atom is -0.264 e. The number of pyridine rings is 2. The van der Waals surface area contributed by atoms with E-state index in [4.69, 9.17) is 0 Å². The van der Waals surface area contributed by atoms with E-state index in [0.717, 1.165) is 16.5 Å². The zero-order valence-electron chi connectivity index (χ0n) is 12.6. The molecule has 0 amide bonds. The minimum atomic E-state index is -3.66. The lowest BCUT2D eigenvalue weighted by atomic mass is 10.1. The number of aromatic nitrogens is 3. The maximum absolute atomic E-state index is 12.8. The van der Waals surface area contributed by atoms with Gasteiger partial charge in [0.15, 0.2) is 5.65 Å². The molecule has 4 aromatic rings. The third kappa shape index (κ3) is 2.37. The Hall–Kier alpha value is -2.99. The molecule has 0 fully saturated rings. The van der Waals surface area contributed by atoms with Gasteiger partial charge < -0.3 is 0 Å². The maximum atomic E-state index is 12.8. The summed E-state index contributed by atoms with van der Waals surface area (Å²) in [6.45, 7) is 0. The Kier molecular flexibility index (Phi) is 3.39. The number of fused-ring (bicyclic) bond motifs is 1. The number of hydrogen-bond acceptors (Lipinski definition) is 4. The molecule has 118 valence electrons. The van der Waals surface area contributed by atoms with E-state index in [1.807, 2.05) is 18.2 Å². The Morgan fingerprint density at radius 2 is 1.71 bits per heavy atom. The summed E-state index contributed by atoms with van der Waals surface area (Å²) in [6.07, 6.45) is 6.66. The molecule has 0 aliphatic rings. The van der Waals surface area contributed by atoms with Crippen LogP contribution >= 0.6 is 0 Å². The molecule has 3 aromatic heterocycles. The molecule has 24 heavy (non-hydrogen) atoms. The Bertz CT molecular complexity index is 1100. The third-order valence-corrected chi connectivity index (χ3v) is 5.47. The fraction of sp³-hybridized carbons (Fsp3) is 0. The van der Waals surface area contributed by atoms with Gasteiger partial charge in [-0.25, -0.2) is 17.4 Å². The molecule has 6 heteroatoms. The Balaban J connectivity index is 1.85. The zero-order valence-corrected chi connectivity index (χ0v) is 13.4. The lowest BCUT2D eigenvalue weighted by Crippen LogP contribution is -2.12. The molecule has 4 rings (SSSR count). The van der Waals surface area contributed by atoms with E-state index in [0.29, 0.717) is 5.65 Å². The van der Waals surface area contributed by atoms with Crippen molar-refractivity contribution >= 4 is 21.1 Å². The average molecular weight is 335 g/mol. The van der Waals surface area contributed by atoms with E-state index >= 15 is 0 Å². The maximum Gasteiger partial charge on any atom is 0.269 e. The molecule has 0 N–H and O–H groups in total. The summed E-state index contributed by atoms with van der Waals surface area (Å²) in [5, 5.41) is 0.760. The zero-order chi connectivity index (χ0) is 16.6. The van der Waals surface area contributed by atoms with Crippen LogP contribution in [-0.2, 0) is 10.0 Å². The van der Waals surface area contributed by atoms with Crippen LogP contribution in [0.3, 0.4) is 0 Å². The van der Waals surface area contributed by atoms with E-state index < -0.39 is 10.0 Å². The van der Waals surface area contributed by atoms with Gasteiger partial charge in [-0.2, -0.15) is 0 Å². The molecule has 1 aromatic carbocycles. The van der Waals surface area contributed by atoms with Crippen molar-refractivity contribution in [2.45, 2.75) is 4.90 Å². The number of rotatable bonds is 3. The smallest absolute Gasteiger partial charge is 0.264 e. The predicted molar refractivity (Wildman–Crippen MR) is 92.0 cm³/mol. The summed E-state index contributed by atoms with van der Waals surface area (Å²) in [5.74, 6) is 0. The third-order valence-electron chi connectivity index (χ3n) is 3.79. The first-order valence-electron chi connectivity index (χ1n) is 7.34. The monoisotopic (exact) mass is 335 g/mol. The van der Waals surface area contributed by atoms with Crippen LogP contribution < -0.4 is 0 Å². The second-order valence-corrected chi connectivity index (χ2v) is 7.12. The van der Waals surface area contributed by atoms with Crippen LogP contribution in [0.5, 0.6) is 0 Å². The average Bonchev–Trinajstić information content (AvgIpc) is 3.07. The summed E-state index contributed by atoms with van der Waals surface area (Å²) in [7, 11) is -3.66. The lowest BCUT2D eigenvalue weighted by molar-refractivity contribution is 0.589. The van der Waals surface area contributed by atoms with Gasteiger partial charge >= 0.3 is 0 Å². The molecule has 5 nitrogen and oxygen atoms in total. The van der Waals surface area contributed by atoms with Gasteiger partial charge in [0.1, 0.15) is 0 Å². The molecule has 0 aliphatic heterocycles. The second kappa shape index (κ2) is 5.58. The Labute approximate surface area is 139 Å². The van der Waals surface area contributed by atoms with Crippen LogP contribution in [0.4, 0.5) is 0 Å². The first-order chi connectivity index (χ1) is 11.7. The summed E-state index contributed by atoms with van der Waals surface area (Å²) < 4.78 is 26.8. The lowest BCUT2D eigenvalue weighted by Gasteiger charge is -2.07. The highest BCUT2D eigenvalue weighted by atomic mass is 32.2. The van der Waals surface area contributed by atoms with Crippen molar-refractivity contribution in [1.82, 2.24) is 13.9 Å². The highest BCUT2D eigenvalue weighted by Crippen LogP contribution is 2.25.